The third-order valence-corrected chi connectivity index (χ3v) is 3.67. The summed E-state index contributed by atoms with van der Waals surface area (Å²) in [7, 11) is 1.50. The van der Waals surface area contributed by atoms with Crippen molar-refractivity contribution >= 4 is 17.5 Å². The number of pyridine rings is 1. The lowest BCUT2D eigenvalue weighted by Gasteiger charge is -2.41. The highest BCUT2D eigenvalue weighted by atomic mass is 35.5. The monoisotopic (exact) mass is 254 g/mol. The second-order valence-electron chi connectivity index (χ2n) is 4.28. The van der Waals surface area contributed by atoms with Crippen molar-refractivity contribution in [2.24, 2.45) is 0 Å². The van der Waals surface area contributed by atoms with Gasteiger partial charge in [0.1, 0.15) is 5.56 Å². The summed E-state index contributed by atoms with van der Waals surface area (Å²) in [4.78, 5) is 16.1. The number of hydrogen-bond donors (Lipinski definition) is 1. The summed E-state index contributed by atoms with van der Waals surface area (Å²) < 4.78 is 5.06. The average molecular weight is 255 g/mol. The van der Waals surface area contributed by atoms with Crippen LogP contribution in [0.25, 0.3) is 0 Å². The number of amides is 1. The van der Waals surface area contributed by atoms with Gasteiger partial charge in [-0.25, -0.2) is 4.98 Å². The van der Waals surface area contributed by atoms with Crippen molar-refractivity contribution in [1.29, 1.82) is 0 Å². The van der Waals surface area contributed by atoms with Crippen molar-refractivity contribution in [3.8, 4) is 5.88 Å². The summed E-state index contributed by atoms with van der Waals surface area (Å²) in [5.74, 6) is 0.616. The van der Waals surface area contributed by atoms with Gasteiger partial charge in [-0.1, -0.05) is 0 Å². The summed E-state index contributed by atoms with van der Waals surface area (Å²) in [5, 5.41) is 2.98. The zero-order valence-corrected chi connectivity index (χ0v) is 10.5. The standard InChI is InChI=1S/C12H15ClN2O2/c1-17-11-9(4-2-7-14-11)10(16)15-12(8-13)5-3-6-12/h2,4,7H,3,5-6,8H2,1H3,(H,15,16). The minimum atomic E-state index is -0.237. The molecule has 0 unspecified atom stereocenters. The van der Waals surface area contributed by atoms with Crippen molar-refractivity contribution in [3.05, 3.63) is 23.9 Å². The maximum atomic E-state index is 12.1. The molecule has 0 saturated heterocycles. The number of nitrogens with one attached hydrogen (secondary N) is 1. The topological polar surface area (TPSA) is 51.2 Å². The Morgan fingerprint density at radius 3 is 2.94 bits per heavy atom. The number of nitrogens with zero attached hydrogens (tertiary/aromatic N) is 1. The van der Waals surface area contributed by atoms with Crippen molar-refractivity contribution < 1.29 is 9.53 Å². The van der Waals surface area contributed by atoms with Crippen LogP contribution in [0.5, 0.6) is 5.88 Å². The molecule has 0 bridgehead atoms. The van der Waals surface area contributed by atoms with Gasteiger partial charge in [0.05, 0.1) is 12.6 Å². The predicted octanol–water partition coefficient (Wildman–Crippen LogP) is 1.98. The molecule has 1 aliphatic carbocycles. The summed E-state index contributed by atoms with van der Waals surface area (Å²) in [6, 6.07) is 3.41. The van der Waals surface area contributed by atoms with Gasteiger partial charge in [0, 0.05) is 12.1 Å². The molecule has 1 aromatic rings. The van der Waals surface area contributed by atoms with Crippen LogP contribution in [0.1, 0.15) is 29.6 Å². The Morgan fingerprint density at radius 1 is 1.65 bits per heavy atom. The Labute approximate surface area is 105 Å². The van der Waals surface area contributed by atoms with Crippen LogP contribution in [0.3, 0.4) is 0 Å². The van der Waals surface area contributed by atoms with Gasteiger partial charge in [0.15, 0.2) is 0 Å². The molecule has 1 fully saturated rings. The lowest BCUT2D eigenvalue weighted by molar-refractivity contribution is 0.0850. The fourth-order valence-electron chi connectivity index (χ4n) is 1.93. The van der Waals surface area contributed by atoms with E-state index >= 15 is 0 Å². The highest BCUT2D eigenvalue weighted by molar-refractivity contribution is 6.19. The Kier molecular flexibility index (Phi) is 3.52. The van der Waals surface area contributed by atoms with Gasteiger partial charge in [-0.3, -0.25) is 4.79 Å². The maximum absolute atomic E-state index is 12.1. The van der Waals surface area contributed by atoms with Crippen molar-refractivity contribution in [2.75, 3.05) is 13.0 Å². The zero-order valence-electron chi connectivity index (χ0n) is 9.70. The number of aromatic nitrogens is 1. The second kappa shape index (κ2) is 4.92. The van der Waals surface area contributed by atoms with Crippen LogP contribution in [0.2, 0.25) is 0 Å². The van der Waals surface area contributed by atoms with Crippen LogP contribution >= 0.6 is 11.6 Å². The normalized spacial score (nSPS) is 17.1. The van der Waals surface area contributed by atoms with Gasteiger partial charge >= 0.3 is 0 Å². The quantitative estimate of drug-likeness (QED) is 0.836. The summed E-state index contributed by atoms with van der Waals surface area (Å²) in [6.45, 7) is 0. The molecule has 0 spiro atoms. The zero-order chi connectivity index (χ0) is 12.3. The molecule has 1 aromatic heterocycles. The van der Waals surface area contributed by atoms with Gasteiger partial charge < -0.3 is 10.1 Å². The van der Waals surface area contributed by atoms with Crippen molar-refractivity contribution in [2.45, 2.75) is 24.8 Å². The lowest BCUT2D eigenvalue weighted by Crippen LogP contribution is -2.55. The van der Waals surface area contributed by atoms with Gasteiger partial charge in [-0.05, 0) is 31.4 Å². The molecule has 2 rings (SSSR count). The number of ether oxygens (including phenoxy) is 1. The first-order chi connectivity index (χ1) is 8.21. The first-order valence-electron chi connectivity index (χ1n) is 5.58. The van der Waals surface area contributed by atoms with E-state index in [-0.39, 0.29) is 11.4 Å². The average Bonchev–Trinajstić information content (AvgIpc) is 2.33. The van der Waals surface area contributed by atoms with Gasteiger partial charge in [-0.2, -0.15) is 0 Å². The maximum Gasteiger partial charge on any atom is 0.257 e. The number of carbonyl (C=O) groups excluding carboxylic acids is 1. The Hall–Kier alpha value is -1.29. The Morgan fingerprint density at radius 2 is 2.41 bits per heavy atom. The smallest absolute Gasteiger partial charge is 0.257 e. The molecule has 1 amide bonds. The molecule has 1 aliphatic rings. The van der Waals surface area contributed by atoms with Crippen molar-refractivity contribution in [1.82, 2.24) is 10.3 Å². The van der Waals surface area contributed by atoms with E-state index < -0.39 is 0 Å². The minimum Gasteiger partial charge on any atom is -0.480 e. The van der Waals surface area contributed by atoms with E-state index in [1.807, 2.05) is 0 Å². The first kappa shape index (κ1) is 12.2. The molecule has 1 heterocycles. The minimum absolute atomic E-state index is 0.171. The van der Waals surface area contributed by atoms with Crippen LogP contribution in [-0.4, -0.2) is 29.4 Å². The van der Waals surface area contributed by atoms with E-state index in [0.29, 0.717) is 17.3 Å². The van der Waals surface area contributed by atoms with Crippen LogP contribution in [-0.2, 0) is 0 Å². The molecule has 4 nitrogen and oxygen atoms in total. The first-order valence-corrected chi connectivity index (χ1v) is 6.12. The molecule has 17 heavy (non-hydrogen) atoms. The van der Waals surface area contributed by atoms with E-state index in [1.54, 1.807) is 18.3 Å². The lowest BCUT2D eigenvalue weighted by atomic mass is 9.78. The third-order valence-electron chi connectivity index (χ3n) is 3.15. The van der Waals surface area contributed by atoms with Gasteiger partial charge in [0.2, 0.25) is 5.88 Å². The molecule has 0 aromatic carbocycles. The van der Waals surface area contributed by atoms with Crippen LogP contribution in [0.4, 0.5) is 0 Å². The van der Waals surface area contributed by atoms with Gasteiger partial charge in [0.25, 0.3) is 5.91 Å². The molecule has 1 N–H and O–H groups in total. The number of carbonyl (C=O) groups is 1. The molecule has 5 heteroatoms. The Bertz CT molecular complexity index is 413. The molecule has 0 atom stereocenters. The summed E-state index contributed by atoms with van der Waals surface area (Å²) in [6.07, 6.45) is 4.57. The fourth-order valence-corrected chi connectivity index (χ4v) is 2.26. The predicted molar refractivity (Wildman–Crippen MR) is 65.6 cm³/mol. The molecule has 0 aliphatic heterocycles. The van der Waals surface area contributed by atoms with E-state index in [2.05, 4.69) is 10.3 Å². The summed E-state index contributed by atoms with van der Waals surface area (Å²) >= 11 is 5.90. The van der Waals surface area contributed by atoms with Crippen molar-refractivity contribution in [3.63, 3.8) is 0 Å². The van der Waals surface area contributed by atoms with Crippen LogP contribution in [0, 0.1) is 0 Å². The third kappa shape index (κ3) is 2.36. The molecular formula is C12H15ClN2O2. The second-order valence-corrected chi connectivity index (χ2v) is 4.55. The molecule has 1 saturated carbocycles. The number of hydrogen-bond acceptors (Lipinski definition) is 3. The van der Waals surface area contributed by atoms with E-state index in [4.69, 9.17) is 16.3 Å². The van der Waals surface area contributed by atoms with Crippen LogP contribution < -0.4 is 10.1 Å². The van der Waals surface area contributed by atoms with Gasteiger partial charge in [-0.15, -0.1) is 11.6 Å². The van der Waals surface area contributed by atoms with E-state index in [0.717, 1.165) is 19.3 Å². The molecular weight excluding hydrogens is 240 g/mol. The highest BCUT2D eigenvalue weighted by Crippen LogP contribution is 2.33. The number of methoxy groups -OCH3 is 1. The number of alkyl halides is 1. The van der Waals surface area contributed by atoms with E-state index in [1.165, 1.54) is 7.11 Å². The largest absolute Gasteiger partial charge is 0.480 e. The Balaban J connectivity index is 2.14. The SMILES string of the molecule is COc1ncccc1C(=O)NC1(CCl)CCC1. The number of halogens is 1. The highest BCUT2D eigenvalue weighted by Gasteiger charge is 2.38. The van der Waals surface area contributed by atoms with Crippen LogP contribution in [0.15, 0.2) is 18.3 Å². The van der Waals surface area contributed by atoms with E-state index in [9.17, 15) is 4.79 Å². The molecule has 92 valence electrons. The fraction of sp³-hybridized carbons (Fsp3) is 0.500. The summed E-state index contributed by atoms with van der Waals surface area (Å²) in [5.41, 5.74) is 0.214. The number of rotatable bonds is 4. The molecule has 0 radical (unpaired) electrons.